The van der Waals surface area contributed by atoms with Crippen molar-refractivity contribution < 1.29 is 4.79 Å². The zero-order valence-corrected chi connectivity index (χ0v) is 12.3. The van der Waals surface area contributed by atoms with Gasteiger partial charge >= 0.3 is 0 Å². The monoisotopic (exact) mass is 273 g/mol. The van der Waals surface area contributed by atoms with Gasteiger partial charge in [-0.3, -0.25) is 9.59 Å². The number of carbonyl (C=O) groups excluding carboxylic acids is 1. The van der Waals surface area contributed by atoms with Crippen molar-refractivity contribution in [2.24, 2.45) is 0 Å². The molecule has 20 heavy (non-hydrogen) atoms. The number of hydrogen-bond donors (Lipinski definition) is 0. The number of aromatic nitrogens is 2. The van der Waals surface area contributed by atoms with Gasteiger partial charge in [-0.05, 0) is 26.8 Å². The summed E-state index contributed by atoms with van der Waals surface area (Å²) >= 11 is 0. The summed E-state index contributed by atoms with van der Waals surface area (Å²) in [5.74, 6) is -0.168. The van der Waals surface area contributed by atoms with Crippen LogP contribution in [0.3, 0.4) is 0 Å². The van der Waals surface area contributed by atoms with Crippen molar-refractivity contribution in [2.45, 2.75) is 26.8 Å². The van der Waals surface area contributed by atoms with Crippen molar-refractivity contribution in [3.05, 3.63) is 40.3 Å². The van der Waals surface area contributed by atoms with Gasteiger partial charge in [-0.15, -0.1) is 0 Å². The van der Waals surface area contributed by atoms with E-state index >= 15 is 0 Å². The van der Waals surface area contributed by atoms with Crippen LogP contribution in [0.1, 0.15) is 37.3 Å². The molecule has 0 bridgehead atoms. The Kier molecular flexibility index (Phi) is 3.88. The van der Waals surface area contributed by atoms with E-state index in [0.29, 0.717) is 23.0 Å². The third-order valence-electron chi connectivity index (χ3n) is 3.34. The molecule has 5 heteroatoms. The van der Waals surface area contributed by atoms with Gasteiger partial charge in [-0.1, -0.05) is 18.2 Å². The lowest BCUT2D eigenvalue weighted by Gasteiger charge is -2.17. The number of nitrogens with zero attached hydrogens (tertiary/aromatic N) is 3. The van der Waals surface area contributed by atoms with E-state index in [1.165, 1.54) is 4.68 Å². The summed E-state index contributed by atoms with van der Waals surface area (Å²) in [6.45, 7) is 6.25. The molecule has 0 atom stereocenters. The molecule has 106 valence electrons. The van der Waals surface area contributed by atoms with E-state index in [2.05, 4.69) is 5.10 Å². The molecular formula is C15H19N3O2. The first-order valence-electron chi connectivity index (χ1n) is 6.74. The molecule has 0 saturated carbocycles. The summed E-state index contributed by atoms with van der Waals surface area (Å²) in [7, 11) is 1.73. The zero-order valence-electron chi connectivity index (χ0n) is 12.3. The Morgan fingerprint density at radius 1 is 1.30 bits per heavy atom. The van der Waals surface area contributed by atoms with Crippen molar-refractivity contribution in [2.75, 3.05) is 13.6 Å². The second-order valence-corrected chi connectivity index (χ2v) is 5.06. The Labute approximate surface area is 117 Å². The van der Waals surface area contributed by atoms with E-state index in [0.717, 1.165) is 0 Å². The summed E-state index contributed by atoms with van der Waals surface area (Å²) < 4.78 is 1.37. The molecule has 2 aromatic rings. The van der Waals surface area contributed by atoms with Crippen molar-refractivity contribution >= 4 is 16.7 Å². The molecule has 0 unspecified atom stereocenters. The molecule has 0 aliphatic heterocycles. The average Bonchev–Trinajstić information content (AvgIpc) is 2.46. The molecule has 1 aromatic heterocycles. The maximum atomic E-state index is 12.4. The Balaban J connectivity index is 2.80. The number of rotatable bonds is 3. The van der Waals surface area contributed by atoms with Gasteiger partial charge in [0.25, 0.3) is 11.5 Å². The van der Waals surface area contributed by atoms with Gasteiger partial charge in [0.2, 0.25) is 0 Å². The highest BCUT2D eigenvalue weighted by molar-refractivity contribution is 6.04. The number of hydrogen-bond acceptors (Lipinski definition) is 3. The van der Waals surface area contributed by atoms with E-state index in [4.69, 9.17) is 0 Å². The van der Waals surface area contributed by atoms with Gasteiger partial charge < -0.3 is 4.90 Å². The number of carbonyl (C=O) groups is 1. The fourth-order valence-electron chi connectivity index (χ4n) is 2.04. The summed E-state index contributed by atoms with van der Waals surface area (Å²) in [5, 5.41) is 5.42. The number of fused-ring (bicyclic) bond motifs is 1. The smallest absolute Gasteiger partial charge is 0.274 e. The molecule has 0 spiro atoms. The van der Waals surface area contributed by atoms with Gasteiger partial charge in [0, 0.05) is 19.0 Å². The highest BCUT2D eigenvalue weighted by atomic mass is 16.2. The Morgan fingerprint density at radius 2 is 1.90 bits per heavy atom. The fraction of sp³-hybridized carbons (Fsp3) is 0.400. The molecule has 0 saturated heterocycles. The van der Waals surface area contributed by atoms with Crippen molar-refractivity contribution in [1.82, 2.24) is 14.7 Å². The van der Waals surface area contributed by atoms with E-state index < -0.39 is 0 Å². The lowest BCUT2D eigenvalue weighted by Crippen LogP contribution is -2.32. The minimum absolute atomic E-state index is 0.0920. The maximum Gasteiger partial charge on any atom is 0.274 e. The van der Waals surface area contributed by atoms with E-state index in [9.17, 15) is 9.59 Å². The molecule has 0 aliphatic rings. The van der Waals surface area contributed by atoms with Gasteiger partial charge in [-0.2, -0.15) is 5.10 Å². The number of benzene rings is 1. The molecule has 0 radical (unpaired) electrons. The summed E-state index contributed by atoms with van der Waals surface area (Å²) in [5.41, 5.74) is 0.171. The maximum absolute atomic E-state index is 12.4. The highest BCUT2D eigenvalue weighted by Crippen LogP contribution is 2.16. The minimum Gasteiger partial charge on any atom is -0.341 e. The van der Waals surface area contributed by atoms with Crippen LogP contribution >= 0.6 is 0 Å². The molecule has 2 rings (SSSR count). The van der Waals surface area contributed by atoms with Crippen LogP contribution < -0.4 is 5.56 Å². The largest absolute Gasteiger partial charge is 0.341 e. The zero-order chi connectivity index (χ0) is 14.9. The topological polar surface area (TPSA) is 55.2 Å². The SMILES string of the molecule is CCN(C)C(=O)c1nn(C(C)C)c(=O)c2ccccc12. The summed E-state index contributed by atoms with van der Waals surface area (Å²) in [6.07, 6.45) is 0. The minimum atomic E-state index is -0.168. The first-order chi connectivity index (χ1) is 9.47. The van der Waals surface area contributed by atoms with Crippen LogP contribution in [-0.2, 0) is 0 Å². The molecule has 0 fully saturated rings. The molecule has 1 heterocycles. The van der Waals surface area contributed by atoms with Crippen LogP contribution in [0.15, 0.2) is 29.1 Å². The molecular weight excluding hydrogens is 254 g/mol. The molecule has 1 amide bonds. The predicted molar refractivity (Wildman–Crippen MR) is 79.0 cm³/mol. The first-order valence-corrected chi connectivity index (χ1v) is 6.74. The fourth-order valence-corrected chi connectivity index (χ4v) is 2.04. The Hall–Kier alpha value is -2.17. The van der Waals surface area contributed by atoms with Crippen molar-refractivity contribution in [1.29, 1.82) is 0 Å². The normalized spacial score (nSPS) is 11.1. The quantitative estimate of drug-likeness (QED) is 0.860. The second kappa shape index (κ2) is 5.45. The van der Waals surface area contributed by atoms with Crippen LogP contribution in [0.25, 0.3) is 10.8 Å². The van der Waals surface area contributed by atoms with Crippen LogP contribution in [-0.4, -0.2) is 34.2 Å². The third kappa shape index (κ3) is 2.31. The molecule has 5 nitrogen and oxygen atoms in total. The lowest BCUT2D eigenvalue weighted by atomic mass is 10.1. The van der Waals surface area contributed by atoms with E-state index in [1.807, 2.05) is 26.8 Å². The van der Waals surface area contributed by atoms with E-state index in [1.54, 1.807) is 30.1 Å². The molecule has 0 N–H and O–H groups in total. The number of amides is 1. The van der Waals surface area contributed by atoms with Crippen LogP contribution in [0.5, 0.6) is 0 Å². The van der Waals surface area contributed by atoms with Gasteiger partial charge in [-0.25, -0.2) is 4.68 Å². The molecule has 1 aromatic carbocycles. The van der Waals surface area contributed by atoms with Crippen molar-refractivity contribution in [3.8, 4) is 0 Å². The van der Waals surface area contributed by atoms with E-state index in [-0.39, 0.29) is 17.5 Å². The third-order valence-corrected chi connectivity index (χ3v) is 3.34. The molecule has 0 aliphatic carbocycles. The van der Waals surface area contributed by atoms with Gasteiger partial charge in [0.15, 0.2) is 5.69 Å². The summed E-state index contributed by atoms with van der Waals surface area (Å²) in [6, 6.07) is 7.02. The Morgan fingerprint density at radius 3 is 2.45 bits per heavy atom. The second-order valence-electron chi connectivity index (χ2n) is 5.06. The van der Waals surface area contributed by atoms with Crippen LogP contribution in [0.2, 0.25) is 0 Å². The standard InChI is InChI=1S/C15H19N3O2/c1-5-17(4)15(20)13-11-8-6-7-9-12(11)14(19)18(16-13)10(2)3/h6-10H,5H2,1-4H3. The van der Waals surface area contributed by atoms with Crippen molar-refractivity contribution in [3.63, 3.8) is 0 Å². The van der Waals surface area contributed by atoms with Gasteiger partial charge in [0.05, 0.1) is 11.4 Å². The van der Waals surface area contributed by atoms with Crippen LogP contribution in [0, 0.1) is 0 Å². The van der Waals surface area contributed by atoms with Crippen LogP contribution in [0.4, 0.5) is 0 Å². The lowest BCUT2D eigenvalue weighted by molar-refractivity contribution is 0.0796. The predicted octanol–water partition coefficient (Wildman–Crippen LogP) is 2.07. The highest BCUT2D eigenvalue weighted by Gasteiger charge is 2.19. The van der Waals surface area contributed by atoms with Gasteiger partial charge in [0.1, 0.15) is 0 Å². The summed E-state index contributed by atoms with van der Waals surface area (Å²) in [4.78, 5) is 26.4. The Bertz CT molecular complexity index is 704. The average molecular weight is 273 g/mol. The first kappa shape index (κ1) is 14.2.